The second-order valence-electron chi connectivity index (χ2n) is 4.82. The zero-order valence-electron chi connectivity index (χ0n) is 9.81. The van der Waals surface area contributed by atoms with Crippen LogP contribution in [0.1, 0.15) is 39.5 Å². The average molecular weight is 239 g/mol. The summed E-state index contributed by atoms with van der Waals surface area (Å²) in [7, 11) is 0. The summed E-state index contributed by atoms with van der Waals surface area (Å²) in [5, 5.41) is 0. The highest BCUT2D eigenvalue weighted by atomic mass is 19.4. The Morgan fingerprint density at radius 3 is 2.44 bits per heavy atom. The molecule has 2 atom stereocenters. The van der Waals surface area contributed by atoms with Crippen LogP contribution in [0.4, 0.5) is 13.2 Å². The molecule has 1 N–H and O–H groups in total. The molecule has 96 valence electrons. The molecule has 0 bridgehead atoms. The van der Waals surface area contributed by atoms with Gasteiger partial charge in [-0.2, -0.15) is 18.7 Å². The second kappa shape index (κ2) is 5.87. The third-order valence-corrected chi connectivity index (χ3v) is 3.15. The Hall–Kier alpha value is -0.290. The summed E-state index contributed by atoms with van der Waals surface area (Å²) < 4.78 is 35.7. The highest BCUT2D eigenvalue weighted by Gasteiger charge is 2.31. The lowest BCUT2D eigenvalue weighted by atomic mass is 9.78. The van der Waals surface area contributed by atoms with Gasteiger partial charge in [-0.3, -0.25) is 4.84 Å². The monoisotopic (exact) mass is 239 g/mol. The molecule has 5 heteroatoms. The van der Waals surface area contributed by atoms with Crippen molar-refractivity contribution in [2.45, 2.75) is 51.7 Å². The summed E-state index contributed by atoms with van der Waals surface area (Å²) in [6.45, 7) is 3.00. The molecule has 0 spiro atoms. The van der Waals surface area contributed by atoms with Crippen molar-refractivity contribution in [3.63, 3.8) is 0 Å². The van der Waals surface area contributed by atoms with E-state index >= 15 is 0 Å². The number of hydroxylamine groups is 1. The Morgan fingerprint density at radius 2 is 1.88 bits per heavy atom. The number of rotatable bonds is 4. The van der Waals surface area contributed by atoms with Gasteiger partial charge in [0, 0.05) is 6.04 Å². The van der Waals surface area contributed by atoms with E-state index in [1.54, 1.807) is 0 Å². The van der Waals surface area contributed by atoms with Crippen LogP contribution in [0.3, 0.4) is 0 Å². The molecule has 0 aromatic heterocycles. The first-order valence-electron chi connectivity index (χ1n) is 5.84. The van der Waals surface area contributed by atoms with Crippen molar-refractivity contribution in [3.05, 3.63) is 0 Å². The molecule has 2 unspecified atom stereocenters. The molecule has 1 fully saturated rings. The smallest absolute Gasteiger partial charge is 0.292 e. The Kier molecular flexibility index (Phi) is 5.05. The van der Waals surface area contributed by atoms with E-state index in [9.17, 15) is 13.2 Å². The van der Waals surface area contributed by atoms with Crippen molar-refractivity contribution in [2.24, 2.45) is 11.8 Å². The van der Waals surface area contributed by atoms with Gasteiger partial charge in [-0.05, 0) is 24.7 Å². The van der Waals surface area contributed by atoms with Crippen LogP contribution < -0.4 is 5.48 Å². The van der Waals surface area contributed by atoms with Crippen LogP contribution in [0.5, 0.6) is 0 Å². The molecule has 0 aromatic carbocycles. The Balaban J connectivity index is 2.33. The third-order valence-electron chi connectivity index (χ3n) is 3.15. The molecule has 0 amide bonds. The van der Waals surface area contributed by atoms with Gasteiger partial charge in [0.05, 0.1) is 0 Å². The maximum Gasteiger partial charge on any atom is 0.413 e. The molecular weight excluding hydrogens is 219 g/mol. The standard InChI is InChI=1S/C11H20F3NO/c1-8(2)9-5-3-4-6-10(9)15-16-7-11(12,13)14/h8-10,15H,3-7H2,1-2H3. The van der Waals surface area contributed by atoms with Crippen molar-refractivity contribution in [2.75, 3.05) is 6.61 Å². The first-order chi connectivity index (χ1) is 7.40. The first-order valence-corrected chi connectivity index (χ1v) is 5.84. The van der Waals surface area contributed by atoms with Crippen molar-refractivity contribution < 1.29 is 18.0 Å². The van der Waals surface area contributed by atoms with Gasteiger partial charge < -0.3 is 0 Å². The van der Waals surface area contributed by atoms with Crippen LogP contribution in [-0.2, 0) is 4.84 Å². The highest BCUT2D eigenvalue weighted by molar-refractivity contribution is 4.80. The van der Waals surface area contributed by atoms with Gasteiger partial charge in [-0.25, -0.2) is 0 Å². The molecule has 16 heavy (non-hydrogen) atoms. The summed E-state index contributed by atoms with van der Waals surface area (Å²) in [5.41, 5.74) is 2.59. The predicted molar refractivity (Wildman–Crippen MR) is 55.7 cm³/mol. The van der Waals surface area contributed by atoms with E-state index in [0.29, 0.717) is 11.8 Å². The van der Waals surface area contributed by atoms with Crippen LogP contribution >= 0.6 is 0 Å². The van der Waals surface area contributed by atoms with Gasteiger partial charge in [0.1, 0.15) is 0 Å². The van der Waals surface area contributed by atoms with Crippen LogP contribution in [0, 0.1) is 11.8 Å². The summed E-state index contributed by atoms with van der Waals surface area (Å²) in [4.78, 5) is 4.54. The van der Waals surface area contributed by atoms with E-state index in [4.69, 9.17) is 0 Å². The topological polar surface area (TPSA) is 21.3 Å². The van der Waals surface area contributed by atoms with Crippen LogP contribution in [0.15, 0.2) is 0 Å². The van der Waals surface area contributed by atoms with Crippen LogP contribution in [0.25, 0.3) is 0 Å². The van der Waals surface area contributed by atoms with Crippen LogP contribution in [-0.4, -0.2) is 18.8 Å². The van der Waals surface area contributed by atoms with E-state index in [1.165, 1.54) is 6.42 Å². The minimum absolute atomic E-state index is 0.0658. The average Bonchev–Trinajstić information content (AvgIpc) is 2.16. The van der Waals surface area contributed by atoms with Crippen LogP contribution in [0.2, 0.25) is 0 Å². The molecule has 2 nitrogen and oxygen atoms in total. The number of hydrogen-bond donors (Lipinski definition) is 1. The van der Waals surface area contributed by atoms with Gasteiger partial charge in [-0.1, -0.05) is 26.7 Å². The van der Waals surface area contributed by atoms with E-state index in [1.807, 2.05) is 0 Å². The van der Waals surface area contributed by atoms with E-state index < -0.39 is 12.8 Å². The summed E-state index contributed by atoms with van der Waals surface area (Å²) in [6, 6.07) is 0.0658. The minimum Gasteiger partial charge on any atom is -0.292 e. The lowest BCUT2D eigenvalue weighted by Gasteiger charge is -2.34. The Bertz CT molecular complexity index is 206. The van der Waals surface area contributed by atoms with Crippen molar-refractivity contribution >= 4 is 0 Å². The number of alkyl halides is 3. The number of halogens is 3. The summed E-state index contributed by atoms with van der Waals surface area (Å²) >= 11 is 0. The Morgan fingerprint density at radius 1 is 1.25 bits per heavy atom. The maximum atomic E-state index is 11.9. The lowest BCUT2D eigenvalue weighted by molar-refractivity contribution is -0.196. The second-order valence-corrected chi connectivity index (χ2v) is 4.82. The quantitative estimate of drug-likeness (QED) is 0.760. The van der Waals surface area contributed by atoms with E-state index in [0.717, 1.165) is 19.3 Å². The van der Waals surface area contributed by atoms with E-state index in [-0.39, 0.29) is 6.04 Å². The van der Waals surface area contributed by atoms with E-state index in [2.05, 4.69) is 24.2 Å². The van der Waals surface area contributed by atoms with Gasteiger partial charge in [-0.15, -0.1) is 0 Å². The van der Waals surface area contributed by atoms with Gasteiger partial charge in [0.25, 0.3) is 0 Å². The Labute approximate surface area is 94.5 Å². The fourth-order valence-electron chi connectivity index (χ4n) is 2.33. The normalized spacial score (nSPS) is 27.4. The first kappa shape index (κ1) is 13.8. The molecular formula is C11H20F3NO. The molecule has 0 radical (unpaired) electrons. The zero-order valence-corrected chi connectivity index (χ0v) is 9.81. The number of hydrogen-bond acceptors (Lipinski definition) is 2. The molecule has 1 rings (SSSR count). The molecule has 0 aromatic rings. The maximum absolute atomic E-state index is 11.9. The molecule has 1 aliphatic carbocycles. The van der Waals surface area contributed by atoms with Gasteiger partial charge in [0.15, 0.2) is 6.61 Å². The molecule has 0 aliphatic heterocycles. The molecule has 1 saturated carbocycles. The fourth-order valence-corrected chi connectivity index (χ4v) is 2.33. The molecule has 0 saturated heterocycles. The SMILES string of the molecule is CC(C)C1CCCCC1NOCC(F)(F)F. The fraction of sp³-hybridized carbons (Fsp3) is 1.00. The third kappa shape index (κ3) is 4.70. The largest absolute Gasteiger partial charge is 0.413 e. The van der Waals surface area contributed by atoms with Crippen molar-refractivity contribution in [1.29, 1.82) is 0 Å². The highest BCUT2D eigenvalue weighted by Crippen LogP contribution is 2.30. The molecule has 1 aliphatic rings. The van der Waals surface area contributed by atoms with Gasteiger partial charge in [0.2, 0.25) is 0 Å². The number of nitrogens with one attached hydrogen (secondary N) is 1. The summed E-state index contributed by atoms with van der Waals surface area (Å²) in [6.07, 6.45) is -0.0447. The molecule has 0 heterocycles. The van der Waals surface area contributed by atoms with Gasteiger partial charge >= 0.3 is 6.18 Å². The lowest BCUT2D eigenvalue weighted by Crippen LogP contribution is -2.42. The predicted octanol–water partition coefficient (Wildman–Crippen LogP) is 3.28. The van der Waals surface area contributed by atoms with Crippen molar-refractivity contribution in [3.8, 4) is 0 Å². The van der Waals surface area contributed by atoms with Crippen molar-refractivity contribution in [1.82, 2.24) is 5.48 Å². The summed E-state index contributed by atoms with van der Waals surface area (Å²) in [5.74, 6) is 0.897. The zero-order chi connectivity index (χ0) is 12.2. The minimum atomic E-state index is -4.25.